The highest BCUT2D eigenvalue weighted by atomic mass is 32.2. The minimum absolute atomic E-state index is 0.0583. The number of ketones is 1. The first-order chi connectivity index (χ1) is 10.0. The van der Waals surface area contributed by atoms with Gasteiger partial charge in [-0.05, 0) is 0 Å². The lowest BCUT2D eigenvalue weighted by Crippen LogP contribution is -2.10. The molecule has 1 aromatic carbocycles. The van der Waals surface area contributed by atoms with E-state index in [4.69, 9.17) is 16.7 Å². The maximum atomic E-state index is 12.0. The Morgan fingerprint density at radius 2 is 1.95 bits per heavy atom. The van der Waals surface area contributed by atoms with Crippen LogP contribution in [0.3, 0.4) is 0 Å². The average molecular weight is 317 g/mol. The van der Waals surface area contributed by atoms with E-state index >= 15 is 0 Å². The highest BCUT2D eigenvalue weighted by Gasteiger charge is 2.20. The molecule has 2 aromatic rings. The third-order valence-corrected chi connectivity index (χ3v) is 5.17. The molecule has 0 aliphatic carbocycles. The lowest BCUT2D eigenvalue weighted by atomic mass is 10.2. The molecule has 5 nitrogen and oxygen atoms in total. The third-order valence-electron chi connectivity index (χ3n) is 2.68. The Balaban J connectivity index is 2.18. The van der Waals surface area contributed by atoms with Crippen molar-refractivity contribution >= 4 is 40.5 Å². The van der Waals surface area contributed by atoms with Gasteiger partial charge in [-0.25, -0.2) is 0 Å². The molecule has 0 saturated carbocycles. The Kier molecular flexibility index (Phi) is 4.62. The van der Waals surface area contributed by atoms with Crippen LogP contribution < -0.4 is 11.5 Å². The molecule has 7 heteroatoms. The molecule has 1 amide bonds. The van der Waals surface area contributed by atoms with E-state index in [2.05, 4.69) is 0 Å². The van der Waals surface area contributed by atoms with Gasteiger partial charge in [-0.1, -0.05) is 30.3 Å². The smallest absolute Gasteiger partial charge is 0.260 e. The average Bonchev–Trinajstić information content (AvgIpc) is 2.81. The summed E-state index contributed by atoms with van der Waals surface area (Å²) in [5.74, 6) is -0.566. The number of benzene rings is 1. The number of hydrogen-bond donors (Lipinski definition) is 2. The van der Waals surface area contributed by atoms with Gasteiger partial charge in [-0.3, -0.25) is 9.59 Å². The topological polar surface area (TPSA) is 110 Å². The first-order valence-electron chi connectivity index (χ1n) is 5.87. The molecule has 0 spiro atoms. The maximum Gasteiger partial charge on any atom is 0.260 e. The van der Waals surface area contributed by atoms with Crippen molar-refractivity contribution in [3.8, 4) is 6.07 Å². The van der Waals surface area contributed by atoms with E-state index in [-0.39, 0.29) is 27.7 Å². The molecule has 0 radical (unpaired) electrons. The largest absolute Gasteiger partial charge is 0.396 e. The molecule has 0 fully saturated rings. The van der Waals surface area contributed by atoms with Gasteiger partial charge < -0.3 is 11.5 Å². The van der Waals surface area contributed by atoms with E-state index in [0.717, 1.165) is 11.3 Å². The number of primary amides is 1. The van der Waals surface area contributed by atoms with Gasteiger partial charge in [0.25, 0.3) is 5.91 Å². The number of rotatable bonds is 5. The zero-order chi connectivity index (χ0) is 15.4. The zero-order valence-electron chi connectivity index (χ0n) is 10.8. The Bertz CT molecular complexity index is 733. The molecule has 0 bridgehead atoms. The number of Topliss-reactive ketones (excluding diaryl/α,β-unsaturated/α-hetero) is 1. The summed E-state index contributed by atoms with van der Waals surface area (Å²) >= 11 is 2.23. The van der Waals surface area contributed by atoms with Crippen LogP contribution in [0.25, 0.3) is 0 Å². The molecule has 0 aliphatic rings. The van der Waals surface area contributed by atoms with Crippen LogP contribution in [0.2, 0.25) is 0 Å². The van der Waals surface area contributed by atoms with E-state index in [0.29, 0.717) is 9.77 Å². The summed E-state index contributed by atoms with van der Waals surface area (Å²) in [7, 11) is 0. The number of thioether (sulfide) groups is 1. The summed E-state index contributed by atoms with van der Waals surface area (Å²) in [5.41, 5.74) is 11.8. The zero-order valence-corrected chi connectivity index (χ0v) is 12.5. The summed E-state index contributed by atoms with van der Waals surface area (Å²) in [4.78, 5) is 23.4. The number of amides is 1. The molecule has 106 valence electrons. The molecule has 21 heavy (non-hydrogen) atoms. The number of carbonyl (C=O) groups excluding carboxylic acids is 2. The number of anilines is 1. The van der Waals surface area contributed by atoms with Crippen LogP contribution in [0.15, 0.2) is 34.5 Å². The van der Waals surface area contributed by atoms with Gasteiger partial charge >= 0.3 is 0 Å². The van der Waals surface area contributed by atoms with Crippen LogP contribution in [0.5, 0.6) is 0 Å². The molecule has 4 N–H and O–H groups in total. The van der Waals surface area contributed by atoms with Crippen LogP contribution in [0, 0.1) is 11.3 Å². The first kappa shape index (κ1) is 15.1. The Labute approximate surface area is 129 Å². The monoisotopic (exact) mass is 317 g/mol. The summed E-state index contributed by atoms with van der Waals surface area (Å²) < 4.78 is 0.535. The lowest BCUT2D eigenvalue weighted by molar-refractivity contribution is 0.100. The maximum absolute atomic E-state index is 12.0. The fraction of sp³-hybridized carbons (Fsp3) is 0.0714. The van der Waals surface area contributed by atoms with E-state index in [1.165, 1.54) is 11.8 Å². The molecule has 2 rings (SSSR count). The second-order valence-corrected chi connectivity index (χ2v) is 6.33. The minimum atomic E-state index is -0.671. The number of nitriles is 1. The Hall–Kier alpha value is -2.30. The quantitative estimate of drug-likeness (QED) is 0.649. The number of thiophene rings is 1. The molecular formula is C14H11N3O2S2. The van der Waals surface area contributed by atoms with Crippen LogP contribution >= 0.6 is 23.1 Å². The molecule has 0 atom stereocenters. The lowest BCUT2D eigenvalue weighted by Gasteiger charge is -2.00. The van der Waals surface area contributed by atoms with Crippen molar-refractivity contribution in [2.75, 3.05) is 11.5 Å². The van der Waals surface area contributed by atoms with Gasteiger partial charge in [0.05, 0.1) is 15.6 Å². The molecule has 1 aromatic heterocycles. The van der Waals surface area contributed by atoms with Crippen molar-refractivity contribution in [3.05, 3.63) is 46.3 Å². The standard InChI is InChI=1S/C14H11N3O2S2/c15-6-9-11(16)12(13(17)19)21-14(9)20-7-10(18)8-4-2-1-3-5-8/h1-5H,7,16H2,(H2,17,19). The number of hydrogen-bond acceptors (Lipinski definition) is 6. The minimum Gasteiger partial charge on any atom is -0.396 e. The van der Waals surface area contributed by atoms with Crippen molar-refractivity contribution < 1.29 is 9.59 Å². The predicted octanol–water partition coefficient (Wildman–Crippen LogP) is 2.28. The fourth-order valence-electron chi connectivity index (χ4n) is 1.65. The second kappa shape index (κ2) is 6.43. The Morgan fingerprint density at radius 3 is 2.52 bits per heavy atom. The van der Waals surface area contributed by atoms with Crippen LogP contribution in [0.1, 0.15) is 25.6 Å². The van der Waals surface area contributed by atoms with E-state index in [1.54, 1.807) is 24.3 Å². The van der Waals surface area contributed by atoms with Crippen molar-refractivity contribution in [2.45, 2.75) is 4.21 Å². The fourth-order valence-corrected chi connectivity index (χ4v) is 3.80. The van der Waals surface area contributed by atoms with Gasteiger partial charge in [0.1, 0.15) is 16.5 Å². The number of nitrogens with zero attached hydrogens (tertiary/aromatic N) is 1. The molecule has 0 unspecified atom stereocenters. The van der Waals surface area contributed by atoms with Crippen LogP contribution in [-0.2, 0) is 0 Å². The first-order valence-corrected chi connectivity index (χ1v) is 7.68. The van der Waals surface area contributed by atoms with Crippen molar-refractivity contribution in [3.63, 3.8) is 0 Å². The van der Waals surface area contributed by atoms with Crippen molar-refractivity contribution in [1.29, 1.82) is 5.26 Å². The van der Waals surface area contributed by atoms with Crippen molar-refractivity contribution in [2.24, 2.45) is 5.73 Å². The van der Waals surface area contributed by atoms with E-state index in [1.807, 2.05) is 12.1 Å². The molecule has 1 heterocycles. The highest BCUT2D eigenvalue weighted by molar-refractivity contribution is 8.01. The van der Waals surface area contributed by atoms with Crippen LogP contribution in [0.4, 0.5) is 5.69 Å². The second-order valence-electron chi connectivity index (χ2n) is 4.06. The number of nitrogens with two attached hydrogens (primary N) is 2. The van der Waals surface area contributed by atoms with Crippen LogP contribution in [-0.4, -0.2) is 17.4 Å². The SMILES string of the molecule is N#Cc1c(SCC(=O)c2ccccc2)sc(C(N)=O)c1N. The summed E-state index contributed by atoms with van der Waals surface area (Å²) in [6.07, 6.45) is 0. The number of carbonyl (C=O) groups is 2. The van der Waals surface area contributed by atoms with Gasteiger partial charge in [0.2, 0.25) is 0 Å². The molecular weight excluding hydrogens is 306 g/mol. The van der Waals surface area contributed by atoms with Gasteiger partial charge in [0.15, 0.2) is 5.78 Å². The van der Waals surface area contributed by atoms with Crippen molar-refractivity contribution in [1.82, 2.24) is 0 Å². The number of nitrogen functional groups attached to an aromatic ring is 1. The van der Waals surface area contributed by atoms with Gasteiger partial charge in [-0.15, -0.1) is 23.1 Å². The van der Waals surface area contributed by atoms with E-state index in [9.17, 15) is 9.59 Å². The van der Waals surface area contributed by atoms with Gasteiger partial charge in [0, 0.05) is 5.56 Å². The normalized spacial score (nSPS) is 10.0. The van der Waals surface area contributed by atoms with E-state index < -0.39 is 5.91 Å². The third kappa shape index (κ3) is 3.24. The highest BCUT2D eigenvalue weighted by Crippen LogP contribution is 2.37. The molecule has 0 aliphatic heterocycles. The predicted molar refractivity (Wildman–Crippen MR) is 83.5 cm³/mol. The summed E-state index contributed by atoms with van der Waals surface area (Å²) in [5, 5.41) is 9.10. The Morgan fingerprint density at radius 1 is 1.29 bits per heavy atom. The summed E-state index contributed by atoms with van der Waals surface area (Å²) in [6, 6.07) is 10.8. The van der Waals surface area contributed by atoms with Gasteiger partial charge in [-0.2, -0.15) is 5.26 Å². The summed E-state index contributed by atoms with van der Waals surface area (Å²) in [6.45, 7) is 0. The molecule has 0 saturated heterocycles.